The van der Waals surface area contributed by atoms with E-state index in [0.29, 0.717) is 24.5 Å². The van der Waals surface area contributed by atoms with Crippen molar-refractivity contribution in [2.75, 3.05) is 20.7 Å². The van der Waals surface area contributed by atoms with Crippen LogP contribution in [0.5, 0.6) is 11.5 Å². The Labute approximate surface area is 191 Å². The highest BCUT2D eigenvalue weighted by molar-refractivity contribution is 5.84. The monoisotopic (exact) mass is 463 g/mol. The van der Waals surface area contributed by atoms with Crippen molar-refractivity contribution in [1.82, 2.24) is 4.90 Å². The van der Waals surface area contributed by atoms with E-state index in [0.717, 1.165) is 11.1 Å². The Balaban J connectivity index is 1.82. The zero-order chi connectivity index (χ0) is 24.3. The molecule has 0 unspecified atom stereocenters. The number of esters is 1. The molecule has 1 saturated heterocycles. The molecule has 0 amide bonds. The fourth-order valence-electron chi connectivity index (χ4n) is 5.60. The second-order valence-electron chi connectivity index (χ2n) is 9.05. The average molecular weight is 463 g/mol. The number of nitrogens with zero attached hydrogens (tertiary/aromatic N) is 1. The van der Waals surface area contributed by atoms with Gasteiger partial charge in [0.1, 0.15) is 5.76 Å². The molecule has 1 aliphatic carbocycles. The van der Waals surface area contributed by atoms with E-state index < -0.39 is 41.3 Å². The molecule has 33 heavy (non-hydrogen) atoms. The Morgan fingerprint density at radius 3 is 2.61 bits per heavy atom. The van der Waals surface area contributed by atoms with Crippen LogP contribution in [0.3, 0.4) is 0 Å². The molecule has 1 spiro atoms. The van der Waals surface area contributed by atoms with Gasteiger partial charge < -0.3 is 39.5 Å². The van der Waals surface area contributed by atoms with E-state index >= 15 is 0 Å². The topological polar surface area (TPSA) is 146 Å². The maximum atomic E-state index is 12.5. The lowest BCUT2D eigenvalue weighted by Gasteiger charge is -2.58. The number of hydrogen-bond donors (Lipinski definition) is 4. The van der Waals surface area contributed by atoms with Gasteiger partial charge in [-0.25, -0.2) is 9.59 Å². The molecule has 2 aliphatic heterocycles. The number of likely N-dealkylation sites (tertiary alicyclic amines) is 1. The molecule has 0 aromatic heterocycles. The third kappa shape index (κ3) is 3.16. The number of likely N-dealkylation sites (N-methyl/N-ethyl adjacent to an activating group) is 1. The summed E-state index contributed by atoms with van der Waals surface area (Å²) in [6.07, 6.45) is -3.38. The second-order valence-corrected chi connectivity index (χ2v) is 9.05. The van der Waals surface area contributed by atoms with Crippen molar-refractivity contribution >= 4 is 11.9 Å². The predicted octanol–water partition coefficient (Wildman–Crippen LogP) is 0.0947. The molecule has 10 heteroatoms. The van der Waals surface area contributed by atoms with Gasteiger partial charge in [-0.1, -0.05) is 6.07 Å². The summed E-state index contributed by atoms with van der Waals surface area (Å²) < 4.78 is 17.2. The van der Waals surface area contributed by atoms with Crippen LogP contribution in [-0.2, 0) is 19.7 Å². The molecule has 10 nitrogen and oxygen atoms in total. The largest absolute Gasteiger partial charge is 0.493 e. The van der Waals surface area contributed by atoms with Gasteiger partial charge in [0.05, 0.1) is 18.1 Å². The number of methoxy groups -OCH3 is 1. The molecule has 0 radical (unpaired) electrons. The van der Waals surface area contributed by atoms with E-state index in [1.165, 1.54) is 13.2 Å². The highest BCUT2D eigenvalue weighted by Gasteiger charge is 2.69. The minimum atomic E-state index is -2.33. The molecule has 4 N–H and O–H groups in total. The number of carboxylic acids is 1. The van der Waals surface area contributed by atoms with Gasteiger partial charge in [0, 0.05) is 18.0 Å². The van der Waals surface area contributed by atoms with Crippen LogP contribution in [-0.4, -0.2) is 87.9 Å². The van der Waals surface area contributed by atoms with E-state index in [1.54, 1.807) is 6.07 Å². The van der Waals surface area contributed by atoms with Gasteiger partial charge in [-0.3, -0.25) is 0 Å². The molecule has 0 saturated carbocycles. The molecule has 2 heterocycles. The fraction of sp³-hybridized carbons (Fsp3) is 0.565. The minimum Gasteiger partial charge on any atom is -0.493 e. The van der Waals surface area contributed by atoms with Crippen molar-refractivity contribution in [3.63, 3.8) is 0 Å². The van der Waals surface area contributed by atoms with Crippen molar-refractivity contribution in [3.8, 4) is 11.5 Å². The summed E-state index contributed by atoms with van der Waals surface area (Å²) >= 11 is 0. The van der Waals surface area contributed by atoms with Crippen LogP contribution in [0.25, 0.3) is 0 Å². The number of rotatable bonds is 5. The second kappa shape index (κ2) is 7.98. The number of ether oxygens (including phenoxy) is 3. The van der Waals surface area contributed by atoms with Gasteiger partial charge in [0.2, 0.25) is 0 Å². The van der Waals surface area contributed by atoms with Crippen LogP contribution in [0, 0.1) is 6.92 Å². The van der Waals surface area contributed by atoms with E-state index in [4.69, 9.17) is 19.3 Å². The Morgan fingerprint density at radius 1 is 1.27 bits per heavy atom. The lowest BCUT2D eigenvalue weighted by molar-refractivity contribution is -0.174. The number of aliphatic hydroxyl groups is 3. The molecule has 3 aliphatic rings. The van der Waals surface area contributed by atoms with Crippen LogP contribution in [0.2, 0.25) is 0 Å². The number of hydrogen-bond acceptors (Lipinski definition) is 9. The van der Waals surface area contributed by atoms with Crippen molar-refractivity contribution in [2.45, 2.75) is 62.1 Å². The summed E-state index contributed by atoms with van der Waals surface area (Å²) in [7, 11) is 3.44. The molecule has 4 rings (SSSR count). The first-order valence-corrected chi connectivity index (χ1v) is 10.8. The first kappa shape index (κ1) is 23.5. The van der Waals surface area contributed by atoms with E-state index in [-0.39, 0.29) is 18.2 Å². The molecule has 6 atom stereocenters. The lowest BCUT2D eigenvalue weighted by Crippen LogP contribution is -2.71. The molecule has 0 bridgehead atoms. The fourth-order valence-corrected chi connectivity index (χ4v) is 5.60. The summed E-state index contributed by atoms with van der Waals surface area (Å²) in [4.78, 5) is 25.5. The molecular weight excluding hydrogens is 434 g/mol. The van der Waals surface area contributed by atoms with Crippen molar-refractivity contribution in [3.05, 3.63) is 35.1 Å². The normalized spacial score (nSPS) is 32.4. The summed E-state index contributed by atoms with van der Waals surface area (Å²) in [5.41, 5.74) is -0.588. The zero-order valence-corrected chi connectivity index (χ0v) is 18.9. The van der Waals surface area contributed by atoms with E-state index in [9.17, 15) is 24.9 Å². The number of carbonyl (C=O) groups excluding carboxylic acids is 1. The van der Waals surface area contributed by atoms with Gasteiger partial charge >= 0.3 is 11.9 Å². The Bertz CT molecular complexity index is 1020. The van der Waals surface area contributed by atoms with Crippen LogP contribution >= 0.6 is 0 Å². The number of benzene rings is 1. The molecule has 1 aromatic carbocycles. The van der Waals surface area contributed by atoms with Crippen LogP contribution in [0.4, 0.5) is 0 Å². The average Bonchev–Trinajstić information content (AvgIpc) is 3.15. The molecule has 1 fully saturated rings. The lowest BCUT2D eigenvalue weighted by atomic mass is 9.54. The van der Waals surface area contributed by atoms with Gasteiger partial charge in [-0.2, -0.15) is 0 Å². The summed E-state index contributed by atoms with van der Waals surface area (Å²) in [5.74, 6) is -2.10. The number of fused-ring (bicyclic) bond motifs is 1. The maximum Gasteiger partial charge on any atom is 0.343 e. The Morgan fingerprint density at radius 2 is 1.97 bits per heavy atom. The first-order chi connectivity index (χ1) is 15.5. The van der Waals surface area contributed by atoms with Gasteiger partial charge in [-0.15, -0.1) is 0 Å². The molecule has 180 valence electrons. The SMILES string of the molecule is COc1ccc(C)c2c1O[C@H]1C(OC(=O)[C@H](O)[C@@H](O)C(=O)O)=CC[C@@]3(O)[C@@H](C)N(C)CC[C@]213. The molecule has 1 aromatic rings. The van der Waals surface area contributed by atoms with Gasteiger partial charge in [0.15, 0.2) is 29.8 Å². The quantitative estimate of drug-likeness (QED) is 0.443. The third-order valence-electron chi connectivity index (χ3n) is 7.55. The minimum absolute atomic E-state index is 0.0516. The van der Waals surface area contributed by atoms with E-state index in [2.05, 4.69) is 4.90 Å². The number of aryl methyl sites for hydroxylation is 1. The number of piperidine rings is 1. The highest BCUT2D eigenvalue weighted by Crippen LogP contribution is 2.62. The predicted molar refractivity (Wildman–Crippen MR) is 114 cm³/mol. The van der Waals surface area contributed by atoms with Crippen molar-refractivity contribution in [1.29, 1.82) is 0 Å². The molecular formula is C23H29NO9. The number of aliphatic hydroxyl groups excluding tert-OH is 2. The van der Waals surface area contributed by atoms with E-state index in [1.807, 2.05) is 27.0 Å². The standard InChI is InChI=1S/C23H29NO9/c1-11-5-6-13(31-4)18-15(11)22-9-10-24(3)12(2)23(22,30)8-7-14(19(22)33-18)32-21(29)17(26)16(25)20(27)28/h5-7,12,16-17,19,25-26,30H,8-10H2,1-4H3,(H,27,28)/t12-,16-,17-,19+,22+,23-/m1/s1. The number of aliphatic carboxylic acids is 1. The van der Waals surface area contributed by atoms with Crippen LogP contribution < -0.4 is 9.47 Å². The number of carbonyl (C=O) groups is 2. The zero-order valence-electron chi connectivity index (χ0n) is 18.9. The Hall–Kier alpha value is -2.66. The third-order valence-corrected chi connectivity index (χ3v) is 7.55. The smallest absolute Gasteiger partial charge is 0.343 e. The summed E-state index contributed by atoms with van der Waals surface area (Å²) in [6.45, 7) is 4.49. The maximum absolute atomic E-state index is 12.5. The number of carboxylic acid groups (broad SMARTS) is 1. The first-order valence-electron chi connectivity index (χ1n) is 10.8. The van der Waals surface area contributed by atoms with Crippen molar-refractivity contribution < 1.29 is 44.2 Å². The van der Waals surface area contributed by atoms with Gasteiger partial charge in [-0.05, 0) is 51.6 Å². The van der Waals surface area contributed by atoms with Crippen LogP contribution in [0.1, 0.15) is 30.9 Å². The highest BCUT2D eigenvalue weighted by atomic mass is 16.6. The summed E-state index contributed by atoms with van der Waals surface area (Å²) in [6, 6.07) is 3.39. The Kier molecular flexibility index (Phi) is 5.68. The van der Waals surface area contributed by atoms with Gasteiger partial charge in [0.25, 0.3) is 0 Å². The van der Waals surface area contributed by atoms with Crippen LogP contribution in [0.15, 0.2) is 24.0 Å². The van der Waals surface area contributed by atoms with Crippen molar-refractivity contribution in [2.24, 2.45) is 0 Å². The summed E-state index contributed by atoms with van der Waals surface area (Å²) in [5, 5.41) is 40.5.